The van der Waals surface area contributed by atoms with E-state index in [4.69, 9.17) is 14.8 Å². The fourth-order valence-corrected chi connectivity index (χ4v) is 5.28. The van der Waals surface area contributed by atoms with Crippen LogP contribution in [0.2, 0.25) is 0 Å². The Hall–Kier alpha value is -3.19. The van der Waals surface area contributed by atoms with Gasteiger partial charge in [-0.2, -0.15) is 9.78 Å². The molecule has 2 aromatic heterocycles. The van der Waals surface area contributed by atoms with Gasteiger partial charge in [0.05, 0.1) is 22.5 Å². The van der Waals surface area contributed by atoms with Crippen LogP contribution < -0.4 is 10.1 Å². The summed E-state index contributed by atoms with van der Waals surface area (Å²) in [6.07, 6.45) is 0.415. The molecule has 1 aliphatic rings. The van der Waals surface area contributed by atoms with E-state index in [0.29, 0.717) is 18.9 Å². The fraction of sp³-hybridized carbons (Fsp3) is 0.320. The number of fused-ring (bicyclic) bond motifs is 2. The van der Waals surface area contributed by atoms with Crippen molar-refractivity contribution in [3.05, 3.63) is 64.8 Å². The zero-order valence-electron chi connectivity index (χ0n) is 18.7. The number of aryl methyl sites for hydroxylation is 1. The summed E-state index contributed by atoms with van der Waals surface area (Å²) in [7, 11) is 0. The van der Waals surface area contributed by atoms with Crippen molar-refractivity contribution in [2.45, 2.75) is 46.0 Å². The highest BCUT2D eigenvalue weighted by Crippen LogP contribution is 2.41. The third-order valence-electron chi connectivity index (χ3n) is 5.95. The molecule has 1 amide bonds. The third kappa shape index (κ3) is 3.56. The van der Waals surface area contributed by atoms with E-state index in [9.17, 15) is 4.79 Å². The molecule has 0 unspecified atom stereocenters. The van der Waals surface area contributed by atoms with Gasteiger partial charge in [-0.15, -0.1) is 0 Å². The predicted molar refractivity (Wildman–Crippen MR) is 128 cm³/mol. The van der Waals surface area contributed by atoms with Crippen LogP contribution in [0.3, 0.4) is 0 Å². The number of ether oxygens (including phenoxy) is 1. The Morgan fingerprint density at radius 2 is 2.00 bits per heavy atom. The number of hydrogen-bond acceptors (Lipinski definition) is 5. The van der Waals surface area contributed by atoms with Crippen molar-refractivity contribution < 1.29 is 9.53 Å². The summed E-state index contributed by atoms with van der Waals surface area (Å²) >= 11 is 1.54. The number of hydrogen-bond donors (Lipinski definition) is 1. The van der Waals surface area contributed by atoms with Crippen LogP contribution >= 0.6 is 11.3 Å². The second kappa shape index (κ2) is 8.06. The smallest absolute Gasteiger partial charge is 0.226 e. The monoisotopic (exact) mass is 446 g/mol. The second-order valence-corrected chi connectivity index (χ2v) is 9.45. The summed E-state index contributed by atoms with van der Waals surface area (Å²) in [4.78, 5) is 17.5. The minimum atomic E-state index is -0.0207. The first kappa shape index (κ1) is 20.7. The fourth-order valence-electron chi connectivity index (χ4n) is 4.32. The third-order valence-corrected chi connectivity index (χ3v) is 6.94. The standard InChI is InChI=1S/C25H26N4O2S/c1-5-31-18-10-11-20-21(12-18)32-25(26-20)29-24-23(15(4)28-29)19(13-22(30)27-24)17-8-6-16(7-9-17)14(2)3/h6-12,14,19H,5,13H2,1-4H3,(H,27,30)/t19-/m1/s1. The van der Waals surface area contributed by atoms with Crippen molar-refractivity contribution in [3.8, 4) is 10.9 Å². The first-order valence-electron chi connectivity index (χ1n) is 11.0. The van der Waals surface area contributed by atoms with Gasteiger partial charge in [0.25, 0.3) is 0 Å². The van der Waals surface area contributed by atoms with Gasteiger partial charge in [-0.1, -0.05) is 49.4 Å². The Bertz CT molecular complexity index is 1300. The van der Waals surface area contributed by atoms with Crippen LogP contribution in [0.1, 0.15) is 61.4 Å². The summed E-state index contributed by atoms with van der Waals surface area (Å²) in [5, 5.41) is 8.58. The van der Waals surface area contributed by atoms with Crippen LogP contribution in [0.15, 0.2) is 42.5 Å². The van der Waals surface area contributed by atoms with E-state index in [1.54, 1.807) is 4.68 Å². The van der Waals surface area contributed by atoms with Crippen LogP contribution in [0.25, 0.3) is 15.3 Å². The Morgan fingerprint density at radius 3 is 2.72 bits per heavy atom. The molecule has 1 N–H and O–H groups in total. The van der Waals surface area contributed by atoms with Gasteiger partial charge in [-0.3, -0.25) is 4.79 Å². The second-order valence-electron chi connectivity index (χ2n) is 8.44. The van der Waals surface area contributed by atoms with Gasteiger partial charge in [0.2, 0.25) is 11.0 Å². The minimum absolute atomic E-state index is 0.00340. The number of carbonyl (C=O) groups excluding carboxylic acids is 1. The number of thiazole rings is 1. The number of amides is 1. The quantitative estimate of drug-likeness (QED) is 0.421. The average Bonchev–Trinajstić information content (AvgIpc) is 3.34. The van der Waals surface area contributed by atoms with E-state index in [1.807, 2.05) is 32.0 Å². The molecular weight excluding hydrogens is 420 g/mol. The largest absolute Gasteiger partial charge is 0.494 e. The lowest BCUT2D eigenvalue weighted by Gasteiger charge is -2.24. The van der Waals surface area contributed by atoms with E-state index in [-0.39, 0.29) is 11.8 Å². The minimum Gasteiger partial charge on any atom is -0.494 e. The number of anilines is 1. The molecule has 0 bridgehead atoms. The molecule has 3 heterocycles. The lowest BCUT2D eigenvalue weighted by Crippen LogP contribution is -2.24. The van der Waals surface area contributed by atoms with E-state index in [0.717, 1.165) is 43.7 Å². The predicted octanol–water partition coefficient (Wildman–Crippen LogP) is 5.79. The zero-order valence-corrected chi connectivity index (χ0v) is 19.5. The van der Waals surface area contributed by atoms with Crippen molar-refractivity contribution >= 4 is 33.3 Å². The van der Waals surface area contributed by atoms with Crippen molar-refractivity contribution in [2.75, 3.05) is 11.9 Å². The molecule has 1 aliphatic heterocycles. The Labute approximate surface area is 191 Å². The summed E-state index contributed by atoms with van der Waals surface area (Å²) in [6.45, 7) is 8.96. The Morgan fingerprint density at radius 1 is 1.22 bits per heavy atom. The van der Waals surface area contributed by atoms with Crippen LogP contribution in [0.5, 0.6) is 5.75 Å². The van der Waals surface area contributed by atoms with Crippen LogP contribution in [0, 0.1) is 6.92 Å². The van der Waals surface area contributed by atoms with Gasteiger partial charge in [0.15, 0.2) is 0 Å². The number of nitrogens with zero attached hydrogens (tertiary/aromatic N) is 3. The lowest BCUT2D eigenvalue weighted by atomic mass is 9.85. The zero-order chi connectivity index (χ0) is 22.4. The number of carbonyl (C=O) groups is 1. The summed E-state index contributed by atoms with van der Waals surface area (Å²) in [5.74, 6) is 2.00. The lowest BCUT2D eigenvalue weighted by molar-refractivity contribution is -0.116. The highest BCUT2D eigenvalue weighted by Gasteiger charge is 2.33. The molecule has 1 atom stereocenters. The molecule has 4 aromatic rings. The molecule has 5 rings (SSSR count). The van der Waals surface area contributed by atoms with Crippen molar-refractivity contribution in [2.24, 2.45) is 0 Å². The molecule has 6 nitrogen and oxygen atoms in total. The molecule has 32 heavy (non-hydrogen) atoms. The first-order chi connectivity index (χ1) is 15.4. The number of nitrogens with one attached hydrogen (secondary N) is 1. The molecule has 7 heteroatoms. The first-order valence-corrected chi connectivity index (χ1v) is 11.8. The summed E-state index contributed by atoms with van der Waals surface area (Å²) in [5.41, 5.74) is 5.29. The van der Waals surface area contributed by atoms with Gasteiger partial charge in [-0.05, 0) is 49.1 Å². The van der Waals surface area contributed by atoms with Crippen LogP contribution in [-0.4, -0.2) is 27.3 Å². The molecule has 0 spiro atoms. The van der Waals surface area contributed by atoms with Gasteiger partial charge in [0.1, 0.15) is 11.6 Å². The van der Waals surface area contributed by atoms with Gasteiger partial charge in [-0.25, -0.2) is 4.98 Å². The van der Waals surface area contributed by atoms with Gasteiger partial charge in [0, 0.05) is 17.9 Å². The average molecular weight is 447 g/mol. The van der Waals surface area contributed by atoms with E-state index >= 15 is 0 Å². The van der Waals surface area contributed by atoms with Crippen molar-refractivity contribution in [1.29, 1.82) is 0 Å². The highest BCUT2D eigenvalue weighted by atomic mass is 32.1. The Balaban J connectivity index is 1.58. The topological polar surface area (TPSA) is 69.0 Å². The van der Waals surface area contributed by atoms with Crippen LogP contribution in [0.4, 0.5) is 5.82 Å². The summed E-state index contributed by atoms with van der Waals surface area (Å²) < 4.78 is 8.43. The van der Waals surface area contributed by atoms with E-state index < -0.39 is 0 Å². The molecule has 0 fully saturated rings. The molecular formula is C25H26N4O2S. The van der Waals surface area contributed by atoms with E-state index in [1.165, 1.54) is 16.9 Å². The highest BCUT2D eigenvalue weighted by molar-refractivity contribution is 7.20. The molecule has 0 radical (unpaired) electrons. The van der Waals surface area contributed by atoms with Crippen molar-refractivity contribution in [3.63, 3.8) is 0 Å². The normalized spacial score (nSPS) is 15.8. The number of benzene rings is 2. The van der Waals surface area contributed by atoms with Crippen LogP contribution in [-0.2, 0) is 4.79 Å². The molecule has 2 aromatic carbocycles. The molecule has 0 aliphatic carbocycles. The van der Waals surface area contributed by atoms with Gasteiger partial charge >= 0.3 is 0 Å². The molecule has 164 valence electrons. The van der Waals surface area contributed by atoms with E-state index in [2.05, 4.69) is 43.4 Å². The molecule has 0 saturated heterocycles. The number of rotatable bonds is 5. The summed E-state index contributed by atoms with van der Waals surface area (Å²) in [6, 6.07) is 14.5. The van der Waals surface area contributed by atoms with Crippen molar-refractivity contribution in [1.82, 2.24) is 14.8 Å². The number of aromatic nitrogens is 3. The maximum atomic E-state index is 12.7. The molecule has 0 saturated carbocycles. The SMILES string of the molecule is CCOc1ccc2nc(-n3nc(C)c4c3NC(=O)C[C@@H]4c3ccc(C(C)C)cc3)sc2c1. The maximum Gasteiger partial charge on any atom is 0.226 e. The van der Waals surface area contributed by atoms with Gasteiger partial charge < -0.3 is 10.1 Å². The Kier molecular flexibility index (Phi) is 5.21. The maximum absolute atomic E-state index is 12.7.